The molecule has 2 aromatic rings. The van der Waals surface area contributed by atoms with Gasteiger partial charge in [0.15, 0.2) is 5.11 Å². The molecule has 0 aliphatic heterocycles. The lowest BCUT2D eigenvalue weighted by Gasteiger charge is -2.11. The molecule has 0 fully saturated rings. The normalized spacial score (nSPS) is 10.3. The molecule has 0 aliphatic rings. The summed E-state index contributed by atoms with van der Waals surface area (Å²) in [5.41, 5.74) is 4.44. The van der Waals surface area contributed by atoms with E-state index < -0.39 is 0 Å². The summed E-state index contributed by atoms with van der Waals surface area (Å²) in [5, 5.41) is 11.3. The number of benzene rings is 1. The van der Waals surface area contributed by atoms with E-state index in [1.807, 2.05) is 36.9 Å². The molecular formula is C15H20N4S. The van der Waals surface area contributed by atoms with Gasteiger partial charge in [-0.2, -0.15) is 5.10 Å². The topological polar surface area (TPSA) is 41.9 Å². The average molecular weight is 288 g/mol. The van der Waals surface area contributed by atoms with E-state index in [2.05, 4.69) is 34.8 Å². The maximum Gasteiger partial charge on any atom is 0.171 e. The molecule has 1 heterocycles. The molecule has 1 aromatic carbocycles. The highest BCUT2D eigenvalue weighted by molar-refractivity contribution is 7.80. The molecule has 0 saturated carbocycles. The quantitative estimate of drug-likeness (QED) is 0.849. The number of nitrogens with one attached hydrogen (secondary N) is 2. The van der Waals surface area contributed by atoms with Crippen LogP contribution < -0.4 is 10.6 Å². The number of nitrogens with zero attached hydrogens (tertiary/aromatic N) is 2. The lowest BCUT2D eigenvalue weighted by molar-refractivity contribution is 0.689. The predicted octanol–water partition coefficient (Wildman–Crippen LogP) is 2.78. The Morgan fingerprint density at radius 2 is 2.00 bits per heavy atom. The van der Waals surface area contributed by atoms with Crippen molar-refractivity contribution in [3.05, 3.63) is 47.3 Å². The van der Waals surface area contributed by atoms with Crippen molar-refractivity contribution in [2.75, 3.05) is 5.32 Å². The van der Waals surface area contributed by atoms with E-state index in [4.69, 9.17) is 12.2 Å². The standard InChI is InChI=1S/C15H20N4S/c1-4-12-5-7-13(8-6-12)17-15(20)16-10-14-9-11(2)18-19(14)3/h5-9H,4,10H2,1-3H3,(H2,16,17,20). The van der Waals surface area contributed by atoms with Gasteiger partial charge >= 0.3 is 0 Å². The molecule has 2 rings (SSSR count). The van der Waals surface area contributed by atoms with Gasteiger partial charge in [0.2, 0.25) is 0 Å². The van der Waals surface area contributed by atoms with Crippen molar-refractivity contribution in [2.24, 2.45) is 7.05 Å². The van der Waals surface area contributed by atoms with Gasteiger partial charge in [-0.15, -0.1) is 0 Å². The van der Waals surface area contributed by atoms with Gasteiger partial charge in [-0.3, -0.25) is 4.68 Å². The van der Waals surface area contributed by atoms with E-state index >= 15 is 0 Å². The zero-order valence-electron chi connectivity index (χ0n) is 12.1. The SMILES string of the molecule is CCc1ccc(NC(=S)NCc2cc(C)nn2C)cc1. The van der Waals surface area contributed by atoms with E-state index in [0.717, 1.165) is 23.5 Å². The molecule has 0 bridgehead atoms. The minimum atomic E-state index is 0.619. The Labute approximate surface area is 125 Å². The molecule has 0 aliphatic carbocycles. The third-order valence-corrected chi connectivity index (χ3v) is 3.40. The van der Waals surface area contributed by atoms with Crippen molar-refractivity contribution in [2.45, 2.75) is 26.8 Å². The van der Waals surface area contributed by atoms with Gasteiger partial charge in [0.25, 0.3) is 0 Å². The van der Waals surface area contributed by atoms with Crippen molar-refractivity contribution in [3.63, 3.8) is 0 Å². The maximum absolute atomic E-state index is 5.29. The van der Waals surface area contributed by atoms with E-state index in [1.165, 1.54) is 5.56 Å². The van der Waals surface area contributed by atoms with Crippen molar-refractivity contribution in [3.8, 4) is 0 Å². The van der Waals surface area contributed by atoms with E-state index in [0.29, 0.717) is 11.7 Å². The number of aromatic nitrogens is 2. The first-order valence-electron chi connectivity index (χ1n) is 6.72. The zero-order chi connectivity index (χ0) is 14.5. The molecule has 0 amide bonds. The summed E-state index contributed by atoms with van der Waals surface area (Å²) in [7, 11) is 1.93. The summed E-state index contributed by atoms with van der Waals surface area (Å²) in [6.07, 6.45) is 1.04. The van der Waals surface area contributed by atoms with Gasteiger partial charge in [0, 0.05) is 12.7 Å². The summed E-state index contributed by atoms with van der Waals surface area (Å²) in [6.45, 7) is 4.79. The van der Waals surface area contributed by atoms with Crippen LogP contribution in [0, 0.1) is 6.92 Å². The van der Waals surface area contributed by atoms with Crippen molar-refractivity contribution in [1.82, 2.24) is 15.1 Å². The average Bonchev–Trinajstić information content (AvgIpc) is 2.75. The zero-order valence-corrected chi connectivity index (χ0v) is 12.9. The number of anilines is 1. The Kier molecular flexibility index (Phi) is 4.74. The summed E-state index contributed by atoms with van der Waals surface area (Å²) < 4.78 is 1.86. The fourth-order valence-electron chi connectivity index (χ4n) is 2.00. The van der Waals surface area contributed by atoms with Crippen LogP contribution in [-0.4, -0.2) is 14.9 Å². The van der Waals surface area contributed by atoms with Crippen LogP contribution in [0.5, 0.6) is 0 Å². The molecule has 5 heteroatoms. The monoisotopic (exact) mass is 288 g/mol. The van der Waals surface area contributed by atoms with Gasteiger partial charge in [0.05, 0.1) is 17.9 Å². The van der Waals surface area contributed by atoms with Crippen molar-refractivity contribution < 1.29 is 0 Å². The predicted molar refractivity (Wildman–Crippen MR) is 86.8 cm³/mol. The highest BCUT2D eigenvalue weighted by Crippen LogP contribution is 2.10. The lowest BCUT2D eigenvalue weighted by atomic mass is 10.1. The second-order valence-corrected chi connectivity index (χ2v) is 5.17. The van der Waals surface area contributed by atoms with Gasteiger partial charge in [-0.1, -0.05) is 19.1 Å². The van der Waals surface area contributed by atoms with Crippen LogP contribution in [0.1, 0.15) is 23.9 Å². The first-order chi connectivity index (χ1) is 9.58. The molecule has 0 atom stereocenters. The number of aryl methyl sites for hydroxylation is 3. The summed E-state index contributed by atoms with van der Waals surface area (Å²) in [4.78, 5) is 0. The first-order valence-corrected chi connectivity index (χ1v) is 7.12. The Balaban J connectivity index is 1.87. The van der Waals surface area contributed by atoms with Crippen LogP contribution in [0.2, 0.25) is 0 Å². The molecule has 0 unspecified atom stereocenters. The molecule has 0 saturated heterocycles. The third-order valence-electron chi connectivity index (χ3n) is 3.15. The highest BCUT2D eigenvalue weighted by atomic mass is 32.1. The number of rotatable bonds is 4. The van der Waals surface area contributed by atoms with Crippen molar-refractivity contribution >= 4 is 23.0 Å². The molecule has 2 N–H and O–H groups in total. The molecular weight excluding hydrogens is 268 g/mol. The van der Waals surface area contributed by atoms with E-state index in [9.17, 15) is 0 Å². The first kappa shape index (κ1) is 14.5. The van der Waals surface area contributed by atoms with Gasteiger partial charge in [-0.25, -0.2) is 0 Å². The molecule has 20 heavy (non-hydrogen) atoms. The third kappa shape index (κ3) is 3.81. The molecule has 106 valence electrons. The van der Waals surface area contributed by atoms with Crippen LogP contribution in [0.15, 0.2) is 30.3 Å². The van der Waals surface area contributed by atoms with Crippen molar-refractivity contribution in [1.29, 1.82) is 0 Å². The van der Waals surface area contributed by atoms with Gasteiger partial charge in [-0.05, 0) is 49.3 Å². The largest absolute Gasteiger partial charge is 0.357 e. The van der Waals surface area contributed by atoms with Gasteiger partial charge in [0.1, 0.15) is 0 Å². The smallest absolute Gasteiger partial charge is 0.171 e. The Bertz CT molecular complexity index is 586. The minimum absolute atomic E-state index is 0.619. The molecule has 1 aromatic heterocycles. The second-order valence-electron chi connectivity index (χ2n) is 4.76. The van der Waals surface area contributed by atoms with Crippen LogP contribution >= 0.6 is 12.2 Å². The molecule has 0 radical (unpaired) electrons. The Hall–Kier alpha value is -1.88. The summed E-state index contributed by atoms with van der Waals surface area (Å²) >= 11 is 5.29. The Morgan fingerprint density at radius 3 is 2.55 bits per heavy atom. The van der Waals surface area contributed by atoms with Gasteiger partial charge < -0.3 is 10.6 Å². The van der Waals surface area contributed by atoms with E-state index in [-0.39, 0.29) is 0 Å². The summed E-state index contributed by atoms with van der Waals surface area (Å²) in [5.74, 6) is 0. The fourth-order valence-corrected chi connectivity index (χ4v) is 2.19. The van der Waals surface area contributed by atoms with E-state index in [1.54, 1.807) is 0 Å². The second kappa shape index (κ2) is 6.52. The highest BCUT2D eigenvalue weighted by Gasteiger charge is 2.03. The fraction of sp³-hybridized carbons (Fsp3) is 0.333. The lowest BCUT2D eigenvalue weighted by Crippen LogP contribution is -2.28. The maximum atomic E-state index is 5.29. The van der Waals surface area contributed by atoms with Crippen LogP contribution in [0.4, 0.5) is 5.69 Å². The molecule has 0 spiro atoms. The van der Waals surface area contributed by atoms with Crippen LogP contribution in [-0.2, 0) is 20.0 Å². The summed E-state index contributed by atoms with van der Waals surface area (Å²) in [6, 6.07) is 10.3. The minimum Gasteiger partial charge on any atom is -0.357 e. The number of hydrogen-bond donors (Lipinski definition) is 2. The molecule has 4 nitrogen and oxygen atoms in total. The number of thiocarbonyl (C=S) groups is 1. The number of hydrogen-bond acceptors (Lipinski definition) is 2. The van der Waals surface area contributed by atoms with Crippen LogP contribution in [0.25, 0.3) is 0 Å². The Morgan fingerprint density at radius 1 is 1.30 bits per heavy atom. The van der Waals surface area contributed by atoms with Crippen LogP contribution in [0.3, 0.4) is 0 Å².